The van der Waals surface area contributed by atoms with E-state index in [2.05, 4.69) is 41.1 Å². The van der Waals surface area contributed by atoms with Gasteiger partial charge in [0.1, 0.15) is 5.82 Å². The van der Waals surface area contributed by atoms with Crippen molar-refractivity contribution in [3.05, 3.63) is 65.6 Å². The Bertz CT molecular complexity index is 898. The third-order valence-corrected chi connectivity index (χ3v) is 4.88. The van der Waals surface area contributed by atoms with Gasteiger partial charge >= 0.3 is 0 Å². The largest absolute Gasteiger partial charge is 0.370 e. The first-order chi connectivity index (χ1) is 13.8. The normalized spacial score (nSPS) is 14.2. The Morgan fingerprint density at radius 1 is 0.857 bits per heavy atom. The first kappa shape index (κ1) is 18.4. The van der Waals surface area contributed by atoms with Crippen molar-refractivity contribution in [2.45, 2.75) is 6.42 Å². The molecule has 7 nitrogen and oxygen atoms in total. The van der Waals surface area contributed by atoms with E-state index in [1.54, 1.807) is 18.6 Å². The summed E-state index contributed by atoms with van der Waals surface area (Å²) in [4.78, 5) is 22.1. The molecule has 0 atom stereocenters. The average molecular weight is 396 g/mol. The number of nitrogens with one attached hydrogen (secondary N) is 1. The van der Waals surface area contributed by atoms with Crippen molar-refractivity contribution in [1.82, 2.24) is 19.9 Å². The number of rotatable bonds is 6. The van der Waals surface area contributed by atoms with E-state index in [-0.39, 0.29) is 0 Å². The van der Waals surface area contributed by atoms with Gasteiger partial charge in [0.15, 0.2) is 0 Å². The molecular weight excluding hydrogens is 374 g/mol. The maximum atomic E-state index is 6.04. The van der Waals surface area contributed by atoms with Gasteiger partial charge in [0.2, 0.25) is 11.9 Å². The second kappa shape index (κ2) is 8.84. The summed E-state index contributed by atoms with van der Waals surface area (Å²) >= 11 is 6.04. The van der Waals surface area contributed by atoms with Crippen LogP contribution in [-0.2, 0) is 6.42 Å². The number of nitrogens with zero attached hydrogens (tertiary/aromatic N) is 6. The van der Waals surface area contributed by atoms with E-state index in [4.69, 9.17) is 11.6 Å². The van der Waals surface area contributed by atoms with Crippen LogP contribution < -0.4 is 15.1 Å². The third kappa shape index (κ3) is 4.67. The molecule has 8 heteroatoms. The number of anilines is 3. The van der Waals surface area contributed by atoms with Crippen LogP contribution in [0.3, 0.4) is 0 Å². The Labute approximate surface area is 169 Å². The van der Waals surface area contributed by atoms with Crippen LogP contribution in [0.1, 0.15) is 5.56 Å². The third-order valence-electron chi connectivity index (χ3n) is 4.65. The van der Waals surface area contributed by atoms with Gasteiger partial charge in [-0.15, -0.1) is 0 Å². The van der Waals surface area contributed by atoms with Crippen molar-refractivity contribution < 1.29 is 0 Å². The molecule has 0 saturated carbocycles. The number of aromatic nitrogens is 4. The molecule has 3 heterocycles. The molecule has 1 aliphatic heterocycles. The molecule has 0 aliphatic carbocycles. The summed E-state index contributed by atoms with van der Waals surface area (Å²) in [6, 6.07) is 11.7. The van der Waals surface area contributed by atoms with Gasteiger partial charge in [-0.1, -0.05) is 23.7 Å². The second-order valence-electron chi connectivity index (χ2n) is 6.57. The lowest BCUT2D eigenvalue weighted by molar-refractivity contribution is 0.628. The van der Waals surface area contributed by atoms with E-state index in [1.165, 1.54) is 5.56 Å². The highest BCUT2D eigenvalue weighted by molar-refractivity contribution is 6.30. The Morgan fingerprint density at radius 3 is 2.32 bits per heavy atom. The Hall–Kier alpha value is -2.93. The molecule has 28 heavy (non-hydrogen) atoms. The van der Waals surface area contributed by atoms with Crippen molar-refractivity contribution in [1.29, 1.82) is 0 Å². The lowest BCUT2D eigenvalue weighted by atomic mass is 10.1. The van der Waals surface area contributed by atoms with Crippen LogP contribution in [0.2, 0.25) is 5.02 Å². The summed E-state index contributed by atoms with van der Waals surface area (Å²) in [5.41, 5.74) is 1.20. The molecule has 0 spiro atoms. The molecule has 0 bridgehead atoms. The number of halogens is 1. The fraction of sp³-hybridized carbons (Fsp3) is 0.300. The molecule has 3 aromatic rings. The fourth-order valence-corrected chi connectivity index (χ4v) is 3.40. The number of hydrogen-bond donors (Lipinski definition) is 1. The molecule has 144 valence electrons. The smallest absolute Gasteiger partial charge is 0.227 e. The quantitative estimate of drug-likeness (QED) is 0.688. The van der Waals surface area contributed by atoms with Crippen molar-refractivity contribution in [2.24, 2.45) is 0 Å². The lowest BCUT2D eigenvalue weighted by Crippen LogP contribution is -2.47. The number of benzene rings is 1. The van der Waals surface area contributed by atoms with E-state index < -0.39 is 0 Å². The second-order valence-corrected chi connectivity index (χ2v) is 7.01. The van der Waals surface area contributed by atoms with Gasteiger partial charge in [0.05, 0.1) is 0 Å². The Kier molecular flexibility index (Phi) is 5.82. The highest BCUT2D eigenvalue weighted by atomic mass is 35.5. The van der Waals surface area contributed by atoms with E-state index in [1.807, 2.05) is 30.3 Å². The minimum absolute atomic E-state index is 0.751. The predicted molar refractivity (Wildman–Crippen MR) is 112 cm³/mol. The molecule has 1 fully saturated rings. The minimum Gasteiger partial charge on any atom is -0.370 e. The van der Waals surface area contributed by atoms with Crippen molar-refractivity contribution >= 4 is 29.3 Å². The predicted octanol–water partition coefficient (Wildman–Crippen LogP) is 2.90. The summed E-state index contributed by atoms with van der Waals surface area (Å²) in [7, 11) is 0. The molecule has 0 amide bonds. The van der Waals surface area contributed by atoms with Gasteiger partial charge in [-0.25, -0.2) is 15.0 Å². The van der Waals surface area contributed by atoms with Gasteiger partial charge in [-0.2, -0.15) is 4.98 Å². The van der Waals surface area contributed by atoms with Gasteiger partial charge in [-0.3, -0.25) is 0 Å². The van der Waals surface area contributed by atoms with Crippen molar-refractivity contribution in [3.63, 3.8) is 0 Å². The van der Waals surface area contributed by atoms with Crippen LogP contribution >= 0.6 is 11.6 Å². The maximum Gasteiger partial charge on any atom is 0.227 e. The van der Waals surface area contributed by atoms with E-state index in [0.29, 0.717) is 0 Å². The molecule has 1 aliphatic rings. The van der Waals surface area contributed by atoms with Crippen LogP contribution in [0.5, 0.6) is 0 Å². The molecule has 1 N–H and O–H groups in total. The van der Waals surface area contributed by atoms with Crippen LogP contribution in [0.25, 0.3) is 0 Å². The minimum atomic E-state index is 0.751. The van der Waals surface area contributed by atoms with Gasteiger partial charge in [-0.05, 0) is 36.2 Å². The zero-order valence-corrected chi connectivity index (χ0v) is 16.3. The van der Waals surface area contributed by atoms with E-state index in [9.17, 15) is 0 Å². The zero-order chi connectivity index (χ0) is 19.2. The summed E-state index contributed by atoms with van der Waals surface area (Å²) in [5.74, 6) is 2.36. The zero-order valence-electron chi connectivity index (χ0n) is 15.5. The summed E-state index contributed by atoms with van der Waals surface area (Å²) < 4.78 is 0. The van der Waals surface area contributed by atoms with E-state index in [0.717, 1.165) is 61.9 Å². The fourth-order valence-electron chi connectivity index (χ4n) is 3.19. The molecule has 1 saturated heterocycles. The summed E-state index contributed by atoms with van der Waals surface area (Å²) in [6.07, 6.45) is 6.24. The standard InChI is InChI=1S/C20H22ClN7/c21-17-4-1-3-16(15-17)5-9-22-18-6-10-25-20(26-18)28-13-11-27(12-14-28)19-23-7-2-8-24-19/h1-4,6-8,10,15H,5,9,11-14H2,(H,22,25,26). The molecule has 0 unspecified atom stereocenters. The molecule has 1 aromatic carbocycles. The van der Waals surface area contributed by atoms with Gasteiger partial charge in [0, 0.05) is 56.3 Å². The summed E-state index contributed by atoms with van der Waals surface area (Å²) in [5, 5.41) is 4.14. The maximum absolute atomic E-state index is 6.04. The van der Waals surface area contributed by atoms with Crippen LogP contribution in [-0.4, -0.2) is 52.7 Å². The molecule has 0 radical (unpaired) electrons. The van der Waals surface area contributed by atoms with Gasteiger partial charge in [0.25, 0.3) is 0 Å². The highest BCUT2D eigenvalue weighted by Crippen LogP contribution is 2.16. The number of hydrogen-bond acceptors (Lipinski definition) is 7. The summed E-state index contributed by atoms with van der Waals surface area (Å²) in [6.45, 7) is 4.16. The molecular formula is C20H22ClN7. The monoisotopic (exact) mass is 395 g/mol. The molecule has 2 aromatic heterocycles. The Morgan fingerprint density at radius 2 is 1.57 bits per heavy atom. The van der Waals surface area contributed by atoms with Gasteiger partial charge < -0.3 is 15.1 Å². The Balaban J connectivity index is 1.31. The first-order valence-electron chi connectivity index (χ1n) is 9.36. The SMILES string of the molecule is Clc1cccc(CCNc2ccnc(N3CCN(c4ncccn4)CC3)n2)c1. The molecule has 4 rings (SSSR count). The number of piperazine rings is 1. The van der Waals surface area contributed by atoms with Crippen LogP contribution in [0.4, 0.5) is 17.7 Å². The first-order valence-corrected chi connectivity index (χ1v) is 9.74. The van der Waals surface area contributed by atoms with Crippen molar-refractivity contribution in [3.8, 4) is 0 Å². The average Bonchev–Trinajstić information content (AvgIpc) is 2.75. The van der Waals surface area contributed by atoms with Crippen molar-refractivity contribution in [2.75, 3.05) is 47.8 Å². The van der Waals surface area contributed by atoms with E-state index >= 15 is 0 Å². The lowest BCUT2D eigenvalue weighted by Gasteiger charge is -2.34. The van der Waals surface area contributed by atoms with Crippen LogP contribution in [0, 0.1) is 0 Å². The highest BCUT2D eigenvalue weighted by Gasteiger charge is 2.20. The van der Waals surface area contributed by atoms with Crippen LogP contribution in [0.15, 0.2) is 55.0 Å². The topological polar surface area (TPSA) is 70.1 Å².